The minimum absolute atomic E-state index is 0.129. The van der Waals surface area contributed by atoms with Crippen molar-refractivity contribution in [3.63, 3.8) is 0 Å². The van der Waals surface area contributed by atoms with Gasteiger partial charge < -0.3 is 9.88 Å². The Morgan fingerprint density at radius 3 is 2.48 bits per heavy atom. The molecule has 2 saturated heterocycles. The standard InChI is InChI=1S/C14H20N4O3/c1-17-9-14(7-12(17)20)2-4-18(5-3-14)8-10-6-11(19)16-13(21)15-10/h6H,2-5,7-9H2,1H3,(H2,15,16,19,21). The number of rotatable bonds is 2. The van der Waals surface area contributed by atoms with Gasteiger partial charge in [-0.25, -0.2) is 4.79 Å². The Bertz CT molecular complexity index is 626. The molecule has 21 heavy (non-hydrogen) atoms. The highest BCUT2D eigenvalue weighted by Gasteiger charge is 2.43. The first-order valence-electron chi connectivity index (χ1n) is 7.25. The number of nitrogens with one attached hydrogen (secondary N) is 2. The summed E-state index contributed by atoms with van der Waals surface area (Å²) in [5.41, 5.74) is -0.0669. The summed E-state index contributed by atoms with van der Waals surface area (Å²) in [5, 5.41) is 0. The highest BCUT2D eigenvalue weighted by molar-refractivity contribution is 5.79. The number of hydrogen-bond acceptors (Lipinski definition) is 4. The molecule has 1 aromatic heterocycles. The lowest BCUT2D eigenvalue weighted by molar-refractivity contribution is -0.126. The van der Waals surface area contributed by atoms with Gasteiger partial charge in [-0.2, -0.15) is 0 Å². The van der Waals surface area contributed by atoms with Gasteiger partial charge in [0.05, 0.1) is 0 Å². The third kappa shape index (κ3) is 2.92. The van der Waals surface area contributed by atoms with Crippen LogP contribution in [0.25, 0.3) is 0 Å². The smallest absolute Gasteiger partial charge is 0.325 e. The van der Waals surface area contributed by atoms with Crippen LogP contribution in [0, 0.1) is 5.41 Å². The second-order valence-electron chi connectivity index (χ2n) is 6.32. The molecule has 1 amide bonds. The van der Waals surface area contributed by atoms with Gasteiger partial charge in [-0.3, -0.25) is 19.5 Å². The van der Waals surface area contributed by atoms with E-state index in [0.29, 0.717) is 18.7 Å². The average Bonchev–Trinajstić information content (AvgIpc) is 2.67. The highest BCUT2D eigenvalue weighted by atomic mass is 16.2. The van der Waals surface area contributed by atoms with Crippen LogP contribution in [-0.4, -0.2) is 52.4 Å². The lowest BCUT2D eigenvalue weighted by Crippen LogP contribution is -2.41. The molecule has 2 fully saturated rings. The van der Waals surface area contributed by atoms with Crippen molar-refractivity contribution in [3.05, 3.63) is 32.6 Å². The van der Waals surface area contributed by atoms with Crippen LogP contribution < -0.4 is 11.2 Å². The highest BCUT2D eigenvalue weighted by Crippen LogP contribution is 2.40. The predicted molar refractivity (Wildman–Crippen MR) is 76.9 cm³/mol. The molecule has 0 saturated carbocycles. The maximum atomic E-state index is 11.7. The van der Waals surface area contributed by atoms with E-state index < -0.39 is 5.69 Å². The Morgan fingerprint density at radius 2 is 1.90 bits per heavy atom. The van der Waals surface area contributed by atoms with Crippen molar-refractivity contribution < 1.29 is 4.79 Å². The summed E-state index contributed by atoms with van der Waals surface area (Å²) in [6.45, 7) is 3.19. The van der Waals surface area contributed by atoms with Crippen molar-refractivity contribution in [2.45, 2.75) is 25.8 Å². The van der Waals surface area contributed by atoms with Gasteiger partial charge in [-0.15, -0.1) is 0 Å². The van der Waals surface area contributed by atoms with Gasteiger partial charge >= 0.3 is 5.69 Å². The van der Waals surface area contributed by atoms with E-state index >= 15 is 0 Å². The van der Waals surface area contributed by atoms with E-state index in [9.17, 15) is 14.4 Å². The predicted octanol–water partition coefficient (Wildman–Crippen LogP) is -0.492. The fourth-order valence-corrected chi connectivity index (χ4v) is 3.47. The molecule has 0 atom stereocenters. The van der Waals surface area contributed by atoms with E-state index in [0.717, 1.165) is 32.5 Å². The average molecular weight is 292 g/mol. The molecule has 3 rings (SSSR count). The molecule has 2 N–H and O–H groups in total. The molecular weight excluding hydrogens is 272 g/mol. The number of aromatic amines is 2. The van der Waals surface area contributed by atoms with Crippen molar-refractivity contribution >= 4 is 5.91 Å². The lowest BCUT2D eigenvalue weighted by atomic mass is 9.77. The van der Waals surface area contributed by atoms with Crippen LogP contribution >= 0.6 is 0 Å². The van der Waals surface area contributed by atoms with Crippen molar-refractivity contribution in [1.29, 1.82) is 0 Å². The number of hydrogen-bond donors (Lipinski definition) is 2. The van der Waals surface area contributed by atoms with Gasteiger partial charge in [0.1, 0.15) is 0 Å². The van der Waals surface area contributed by atoms with Crippen LogP contribution in [0.4, 0.5) is 0 Å². The van der Waals surface area contributed by atoms with Crippen LogP contribution in [0.15, 0.2) is 15.7 Å². The molecule has 1 spiro atoms. The molecule has 7 nitrogen and oxygen atoms in total. The molecule has 2 aliphatic heterocycles. The molecule has 7 heteroatoms. The van der Waals surface area contributed by atoms with E-state index in [1.807, 2.05) is 11.9 Å². The van der Waals surface area contributed by atoms with Crippen LogP contribution in [-0.2, 0) is 11.3 Å². The van der Waals surface area contributed by atoms with Crippen molar-refractivity contribution in [3.8, 4) is 0 Å². The molecule has 1 aromatic rings. The fourth-order valence-electron chi connectivity index (χ4n) is 3.47. The topological polar surface area (TPSA) is 89.3 Å². The number of carbonyl (C=O) groups is 1. The summed E-state index contributed by atoms with van der Waals surface area (Å²) in [6.07, 6.45) is 2.62. The van der Waals surface area contributed by atoms with E-state index in [-0.39, 0.29) is 16.9 Å². The van der Waals surface area contributed by atoms with Crippen LogP contribution in [0.3, 0.4) is 0 Å². The van der Waals surface area contributed by atoms with Crippen molar-refractivity contribution in [2.75, 3.05) is 26.7 Å². The first-order chi connectivity index (χ1) is 9.96. The first kappa shape index (κ1) is 14.1. The van der Waals surface area contributed by atoms with E-state index in [4.69, 9.17) is 0 Å². The maximum absolute atomic E-state index is 11.7. The number of aromatic nitrogens is 2. The summed E-state index contributed by atoms with van der Waals surface area (Å²) < 4.78 is 0. The van der Waals surface area contributed by atoms with E-state index in [2.05, 4.69) is 14.9 Å². The monoisotopic (exact) mass is 292 g/mol. The fraction of sp³-hybridized carbons (Fsp3) is 0.643. The van der Waals surface area contributed by atoms with Gasteiger partial charge in [0.2, 0.25) is 5.91 Å². The summed E-state index contributed by atoms with van der Waals surface area (Å²) >= 11 is 0. The molecule has 0 unspecified atom stereocenters. The first-order valence-corrected chi connectivity index (χ1v) is 7.25. The number of H-pyrrole nitrogens is 2. The Balaban J connectivity index is 1.63. The Hall–Kier alpha value is -1.89. The lowest BCUT2D eigenvalue weighted by Gasteiger charge is -2.38. The minimum atomic E-state index is -0.464. The van der Waals surface area contributed by atoms with Crippen LogP contribution in [0.2, 0.25) is 0 Å². The van der Waals surface area contributed by atoms with Gasteiger partial charge in [0.15, 0.2) is 0 Å². The molecule has 2 aliphatic rings. The van der Waals surface area contributed by atoms with Crippen LogP contribution in [0.5, 0.6) is 0 Å². The second kappa shape index (κ2) is 5.14. The maximum Gasteiger partial charge on any atom is 0.325 e. The summed E-state index contributed by atoms with van der Waals surface area (Å²) in [6, 6.07) is 1.43. The van der Waals surface area contributed by atoms with Gasteiger partial charge in [0.25, 0.3) is 5.56 Å². The van der Waals surface area contributed by atoms with E-state index in [1.165, 1.54) is 6.07 Å². The molecular formula is C14H20N4O3. The van der Waals surface area contributed by atoms with Crippen molar-refractivity contribution in [1.82, 2.24) is 19.8 Å². The zero-order chi connectivity index (χ0) is 15.0. The number of amides is 1. The SMILES string of the molecule is CN1CC2(CCN(Cc3cc(=O)[nH]c(=O)[nH]3)CC2)CC1=O. The number of nitrogens with zero attached hydrogens (tertiary/aromatic N) is 2. The molecule has 114 valence electrons. The Kier molecular flexibility index (Phi) is 3.44. The quantitative estimate of drug-likeness (QED) is 0.769. The number of carbonyl (C=O) groups excluding carboxylic acids is 1. The minimum Gasteiger partial charge on any atom is -0.345 e. The van der Waals surface area contributed by atoms with Gasteiger partial charge in [0, 0.05) is 38.3 Å². The second-order valence-corrected chi connectivity index (χ2v) is 6.32. The zero-order valence-corrected chi connectivity index (χ0v) is 12.1. The number of likely N-dealkylation sites (tertiary alicyclic amines) is 2. The third-order valence-electron chi connectivity index (χ3n) is 4.65. The Morgan fingerprint density at radius 1 is 1.19 bits per heavy atom. The Labute approximate surface area is 122 Å². The zero-order valence-electron chi connectivity index (χ0n) is 12.1. The van der Waals surface area contributed by atoms with Crippen LogP contribution in [0.1, 0.15) is 25.0 Å². The largest absolute Gasteiger partial charge is 0.345 e. The summed E-state index contributed by atoms with van der Waals surface area (Å²) in [4.78, 5) is 43.1. The number of piperidine rings is 1. The van der Waals surface area contributed by atoms with Gasteiger partial charge in [-0.05, 0) is 31.3 Å². The van der Waals surface area contributed by atoms with E-state index in [1.54, 1.807) is 0 Å². The molecule has 0 aliphatic carbocycles. The third-order valence-corrected chi connectivity index (χ3v) is 4.65. The molecule has 0 radical (unpaired) electrons. The molecule has 0 bridgehead atoms. The van der Waals surface area contributed by atoms with Crippen molar-refractivity contribution in [2.24, 2.45) is 5.41 Å². The van der Waals surface area contributed by atoms with Gasteiger partial charge in [-0.1, -0.05) is 0 Å². The molecule has 0 aromatic carbocycles. The molecule has 3 heterocycles. The normalized spacial score (nSPS) is 22.1. The summed E-state index contributed by atoms with van der Waals surface area (Å²) in [7, 11) is 1.87. The summed E-state index contributed by atoms with van der Waals surface area (Å²) in [5.74, 6) is 0.238.